The van der Waals surface area contributed by atoms with Crippen LogP contribution in [0.2, 0.25) is 5.02 Å². The molecule has 0 amide bonds. The normalized spacial score (nSPS) is 19.9. The number of carbonyl (C=O) groups is 1. The molecule has 0 spiro atoms. The second-order valence-electron chi connectivity index (χ2n) is 4.17. The van der Waals surface area contributed by atoms with E-state index in [1.54, 1.807) is 6.07 Å². The van der Waals surface area contributed by atoms with Gasteiger partial charge in [-0.25, -0.2) is 9.78 Å². The van der Waals surface area contributed by atoms with Crippen LogP contribution in [0.25, 0.3) is 0 Å². The molecular weight excluding hydrogens is 240 g/mol. The number of ether oxygens (including phenoxy) is 1. The fraction of sp³-hybridized carbons (Fsp3) is 0.500. The SMILES string of the molecule is O=C(OC[C@@H]1CCCNC1)c1cc(Cl)ccn1. The number of piperidine rings is 1. The molecule has 0 bridgehead atoms. The summed E-state index contributed by atoms with van der Waals surface area (Å²) in [5.74, 6) is 0.00459. The van der Waals surface area contributed by atoms with Crippen LogP contribution in [0, 0.1) is 5.92 Å². The number of carbonyl (C=O) groups excluding carboxylic acids is 1. The van der Waals surface area contributed by atoms with Gasteiger partial charge in [-0.2, -0.15) is 0 Å². The predicted molar refractivity (Wildman–Crippen MR) is 65.1 cm³/mol. The number of hydrogen-bond acceptors (Lipinski definition) is 4. The first-order chi connectivity index (χ1) is 8.25. The molecule has 1 aromatic rings. The summed E-state index contributed by atoms with van der Waals surface area (Å²) >= 11 is 5.78. The van der Waals surface area contributed by atoms with Crippen LogP contribution in [0.3, 0.4) is 0 Å². The summed E-state index contributed by atoms with van der Waals surface area (Å²) in [6.45, 7) is 2.41. The Balaban J connectivity index is 1.84. The maximum Gasteiger partial charge on any atom is 0.356 e. The quantitative estimate of drug-likeness (QED) is 0.837. The second-order valence-corrected chi connectivity index (χ2v) is 4.61. The molecule has 2 heterocycles. The average Bonchev–Trinajstić information content (AvgIpc) is 2.37. The summed E-state index contributed by atoms with van der Waals surface area (Å²) in [4.78, 5) is 15.6. The van der Waals surface area contributed by atoms with Gasteiger partial charge in [0.05, 0.1) is 6.61 Å². The Hall–Kier alpha value is -1.13. The van der Waals surface area contributed by atoms with Gasteiger partial charge in [0.2, 0.25) is 0 Å². The molecule has 1 aliphatic heterocycles. The van der Waals surface area contributed by atoms with Crippen molar-refractivity contribution in [3.63, 3.8) is 0 Å². The Bertz CT molecular complexity index is 392. The van der Waals surface area contributed by atoms with Crippen molar-refractivity contribution in [3.8, 4) is 0 Å². The van der Waals surface area contributed by atoms with E-state index in [-0.39, 0.29) is 5.69 Å². The molecule has 1 N–H and O–H groups in total. The molecule has 0 radical (unpaired) electrons. The van der Waals surface area contributed by atoms with Gasteiger partial charge in [0.15, 0.2) is 0 Å². The van der Waals surface area contributed by atoms with E-state index in [1.165, 1.54) is 12.3 Å². The highest BCUT2D eigenvalue weighted by Gasteiger charge is 2.16. The number of rotatable bonds is 3. The van der Waals surface area contributed by atoms with Crippen LogP contribution in [-0.4, -0.2) is 30.6 Å². The Kier molecular flexibility index (Phi) is 4.34. The van der Waals surface area contributed by atoms with E-state index in [0.717, 1.165) is 25.9 Å². The van der Waals surface area contributed by atoms with Gasteiger partial charge < -0.3 is 10.1 Å². The molecule has 92 valence electrons. The smallest absolute Gasteiger partial charge is 0.356 e. The zero-order chi connectivity index (χ0) is 12.1. The zero-order valence-corrected chi connectivity index (χ0v) is 10.2. The minimum atomic E-state index is -0.405. The first kappa shape index (κ1) is 12.3. The Morgan fingerprint density at radius 2 is 2.53 bits per heavy atom. The van der Waals surface area contributed by atoms with Crippen LogP contribution < -0.4 is 5.32 Å². The standard InChI is InChI=1S/C12H15ClN2O2/c13-10-3-5-15-11(6-10)12(16)17-8-9-2-1-4-14-7-9/h3,5-6,9,14H,1-2,4,7-8H2/t9-/m1/s1. The number of nitrogens with one attached hydrogen (secondary N) is 1. The van der Waals surface area contributed by atoms with Crippen molar-refractivity contribution in [2.45, 2.75) is 12.8 Å². The highest BCUT2D eigenvalue weighted by atomic mass is 35.5. The van der Waals surface area contributed by atoms with Gasteiger partial charge in [-0.05, 0) is 31.5 Å². The minimum Gasteiger partial charge on any atom is -0.461 e. The van der Waals surface area contributed by atoms with Crippen molar-refractivity contribution in [1.29, 1.82) is 0 Å². The van der Waals surface area contributed by atoms with Crippen LogP contribution in [-0.2, 0) is 4.74 Å². The maximum absolute atomic E-state index is 11.7. The Morgan fingerprint density at radius 3 is 3.24 bits per heavy atom. The van der Waals surface area contributed by atoms with Gasteiger partial charge >= 0.3 is 5.97 Å². The van der Waals surface area contributed by atoms with Gasteiger partial charge in [0.25, 0.3) is 0 Å². The number of hydrogen-bond donors (Lipinski definition) is 1. The third kappa shape index (κ3) is 3.68. The molecule has 17 heavy (non-hydrogen) atoms. The first-order valence-electron chi connectivity index (χ1n) is 5.75. The second kappa shape index (κ2) is 5.98. The fourth-order valence-corrected chi connectivity index (χ4v) is 2.01. The summed E-state index contributed by atoms with van der Waals surface area (Å²) < 4.78 is 5.22. The lowest BCUT2D eigenvalue weighted by Gasteiger charge is -2.22. The van der Waals surface area contributed by atoms with E-state index in [9.17, 15) is 4.79 Å². The van der Waals surface area contributed by atoms with Gasteiger partial charge in [-0.3, -0.25) is 0 Å². The summed E-state index contributed by atoms with van der Waals surface area (Å²) in [5.41, 5.74) is 0.265. The zero-order valence-electron chi connectivity index (χ0n) is 9.49. The van der Waals surface area contributed by atoms with E-state index >= 15 is 0 Å². The molecule has 0 aromatic carbocycles. The maximum atomic E-state index is 11.7. The minimum absolute atomic E-state index is 0.265. The monoisotopic (exact) mass is 254 g/mol. The van der Waals surface area contributed by atoms with Gasteiger partial charge in [0.1, 0.15) is 5.69 Å². The lowest BCUT2D eigenvalue weighted by atomic mass is 10.0. The predicted octanol–water partition coefficient (Wildman–Crippen LogP) is 1.89. The Labute approximate surface area is 105 Å². The third-order valence-electron chi connectivity index (χ3n) is 2.78. The highest BCUT2D eigenvalue weighted by Crippen LogP contribution is 2.12. The lowest BCUT2D eigenvalue weighted by Crippen LogP contribution is -2.32. The summed E-state index contributed by atoms with van der Waals surface area (Å²) in [5, 5.41) is 3.77. The van der Waals surface area contributed by atoms with E-state index in [2.05, 4.69) is 10.3 Å². The summed E-state index contributed by atoms with van der Waals surface area (Å²) in [6, 6.07) is 3.15. The van der Waals surface area contributed by atoms with Crippen molar-refractivity contribution in [3.05, 3.63) is 29.0 Å². The van der Waals surface area contributed by atoms with E-state index in [4.69, 9.17) is 16.3 Å². The molecular formula is C12H15ClN2O2. The molecule has 1 atom stereocenters. The molecule has 2 rings (SSSR count). The number of esters is 1. The Morgan fingerprint density at radius 1 is 1.65 bits per heavy atom. The van der Waals surface area contributed by atoms with Crippen molar-refractivity contribution in [1.82, 2.24) is 10.3 Å². The third-order valence-corrected chi connectivity index (χ3v) is 3.02. The lowest BCUT2D eigenvalue weighted by molar-refractivity contribution is 0.0414. The fourth-order valence-electron chi connectivity index (χ4n) is 1.85. The molecule has 0 unspecified atom stereocenters. The van der Waals surface area contributed by atoms with Gasteiger partial charge in [-0.1, -0.05) is 11.6 Å². The highest BCUT2D eigenvalue weighted by molar-refractivity contribution is 6.30. The number of pyridine rings is 1. The van der Waals surface area contributed by atoms with Crippen LogP contribution in [0.1, 0.15) is 23.3 Å². The van der Waals surface area contributed by atoms with Crippen LogP contribution in [0.15, 0.2) is 18.3 Å². The van der Waals surface area contributed by atoms with Crippen molar-refractivity contribution >= 4 is 17.6 Å². The first-order valence-corrected chi connectivity index (χ1v) is 6.13. The molecule has 5 heteroatoms. The molecule has 0 saturated carbocycles. The topological polar surface area (TPSA) is 51.2 Å². The molecule has 1 aromatic heterocycles. The average molecular weight is 255 g/mol. The molecule has 1 aliphatic rings. The van der Waals surface area contributed by atoms with Crippen LogP contribution in [0.5, 0.6) is 0 Å². The van der Waals surface area contributed by atoms with E-state index in [1.807, 2.05) is 0 Å². The summed E-state index contributed by atoms with van der Waals surface area (Å²) in [6.07, 6.45) is 3.74. The number of aromatic nitrogens is 1. The van der Waals surface area contributed by atoms with Gasteiger partial charge in [0, 0.05) is 23.7 Å². The molecule has 1 fully saturated rings. The molecule has 1 saturated heterocycles. The van der Waals surface area contributed by atoms with Crippen molar-refractivity contribution in [2.75, 3.05) is 19.7 Å². The van der Waals surface area contributed by atoms with Gasteiger partial charge in [-0.15, -0.1) is 0 Å². The van der Waals surface area contributed by atoms with Crippen molar-refractivity contribution < 1.29 is 9.53 Å². The van der Waals surface area contributed by atoms with Crippen molar-refractivity contribution in [2.24, 2.45) is 5.92 Å². The number of halogens is 1. The summed E-state index contributed by atoms with van der Waals surface area (Å²) in [7, 11) is 0. The number of nitrogens with zero attached hydrogens (tertiary/aromatic N) is 1. The largest absolute Gasteiger partial charge is 0.461 e. The van der Waals surface area contributed by atoms with E-state index in [0.29, 0.717) is 17.5 Å². The van der Waals surface area contributed by atoms with Crippen LogP contribution >= 0.6 is 11.6 Å². The molecule has 0 aliphatic carbocycles. The van der Waals surface area contributed by atoms with Crippen LogP contribution in [0.4, 0.5) is 0 Å². The molecule has 4 nitrogen and oxygen atoms in total. The van der Waals surface area contributed by atoms with E-state index < -0.39 is 5.97 Å².